The van der Waals surface area contributed by atoms with Gasteiger partial charge in [-0.2, -0.15) is 5.10 Å². The molecule has 4 aromatic rings. The molecular weight excluding hydrogens is 450 g/mol. The third-order valence-electron chi connectivity index (χ3n) is 5.85. The largest absolute Gasteiger partial charge is 0.440 e. The Balaban J connectivity index is 1.38. The third kappa shape index (κ3) is 4.69. The molecule has 33 heavy (non-hydrogen) atoms. The molecule has 0 radical (unpaired) electrons. The number of benzene rings is 2. The highest BCUT2D eigenvalue weighted by Crippen LogP contribution is 2.30. The van der Waals surface area contributed by atoms with E-state index in [-0.39, 0.29) is 0 Å². The van der Waals surface area contributed by atoms with E-state index in [1.54, 1.807) is 35.3 Å². The molecule has 2 aromatic heterocycles. The normalized spacial score (nSPS) is 16.9. The van der Waals surface area contributed by atoms with E-state index in [9.17, 15) is 8.78 Å². The molecule has 1 saturated heterocycles. The van der Waals surface area contributed by atoms with Gasteiger partial charge in [-0.15, -0.1) is 0 Å². The Bertz CT molecular complexity index is 1240. The zero-order chi connectivity index (χ0) is 22.8. The van der Waals surface area contributed by atoms with Gasteiger partial charge in [-0.25, -0.2) is 23.4 Å². The van der Waals surface area contributed by atoms with Crippen molar-refractivity contribution in [3.8, 4) is 5.69 Å². The van der Waals surface area contributed by atoms with Crippen molar-refractivity contribution in [3.63, 3.8) is 0 Å². The molecule has 1 aliphatic rings. The average molecular weight is 473 g/mol. The average Bonchev–Trinajstić information content (AvgIpc) is 3.48. The van der Waals surface area contributed by atoms with Crippen LogP contribution in [0.4, 0.5) is 14.5 Å². The fourth-order valence-corrected chi connectivity index (χ4v) is 4.37. The highest BCUT2D eigenvalue weighted by Gasteiger charge is 2.39. The first-order valence-corrected chi connectivity index (χ1v) is 11.2. The van der Waals surface area contributed by atoms with Crippen LogP contribution in [0.2, 0.25) is 5.02 Å². The molecule has 1 fully saturated rings. The summed E-state index contributed by atoms with van der Waals surface area (Å²) in [7, 11) is 0. The second-order valence-electron chi connectivity index (χ2n) is 8.17. The number of hydrogen-bond donors (Lipinski definition) is 2. The van der Waals surface area contributed by atoms with Crippen molar-refractivity contribution < 1.29 is 13.2 Å². The van der Waals surface area contributed by atoms with Crippen molar-refractivity contribution in [3.05, 3.63) is 65.5 Å². The molecule has 7 nitrogen and oxygen atoms in total. The van der Waals surface area contributed by atoms with E-state index in [2.05, 4.69) is 25.7 Å². The molecule has 5 rings (SSSR count). The SMILES string of the molecule is FC(F)(CNc1cccc2oc(Cc3cc(Cl)ccc3-n3cncn3)nc12)C1CCCCN1. The maximum Gasteiger partial charge on any atom is 0.279 e. The van der Waals surface area contributed by atoms with Gasteiger partial charge in [-0.1, -0.05) is 24.1 Å². The van der Waals surface area contributed by atoms with Crippen molar-refractivity contribution in [2.24, 2.45) is 0 Å². The van der Waals surface area contributed by atoms with Crippen LogP contribution in [0.15, 0.2) is 53.5 Å². The van der Waals surface area contributed by atoms with E-state index < -0.39 is 18.5 Å². The molecule has 0 bridgehead atoms. The lowest BCUT2D eigenvalue weighted by Crippen LogP contribution is -2.50. The lowest BCUT2D eigenvalue weighted by molar-refractivity contribution is -0.0318. The third-order valence-corrected chi connectivity index (χ3v) is 6.08. The van der Waals surface area contributed by atoms with Gasteiger partial charge in [0.15, 0.2) is 11.5 Å². The number of hydrogen-bond acceptors (Lipinski definition) is 6. The maximum atomic E-state index is 14.7. The molecule has 2 N–H and O–H groups in total. The van der Waals surface area contributed by atoms with E-state index in [4.69, 9.17) is 16.0 Å². The fraction of sp³-hybridized carbons (Fsp3) is 0.348. The molecule has 0 aliphatic carbocycles. The van der Waals surface area contributed by atoms with E-state index >= 15 is 0 Å². The van der Waals surface area contributed by atoms with Gasteiger partial charge in [0.25, 0.3) is 5.92 Å². The Morgan fingerprint density at radius 1 is 1.24 bits per heavy atom. The van der Waals surface area contributed by atoms with Crippen LogP contribution >= 0.6 is 11.6 Å². The summed E-state index contributed by atoms with van der Waals surface area (Å²) >= 11 is 6.21. The van der Waals surface area contributed by atoms with E-state index in [0.29, 0.717) is 47.1 Å². The standard InChI is InChI=1S/C23H23ClF2N6O/c24-16-7-8-18(32-14-27-13-30-32)15(10-16)11-21-31-22-17(4-3-5-19(22)33-21)29-12-23(25,26)20-6-1-2-9-28-20/h3-5,7-8,10,13-14,20,28-29H,1-2,6,9,11-12H2. The summed E-state index contributed by atoms with van der Waals surface area (Å²) in [6.45, 7) is 0.152. The molecule has 0 saturated carbocycles. The molecule has 10 heteroatoms. The highest BCUT2D eigenvalue weighted by atomic mass is 35.5. The topological polar surface area (TPSA) is 80.8 Å². The van der Waals surface area contributed by atoms with Gasteiger partial charge in [0.1, 0.15) is 18.2 Å². The molecule has 172 valence electrons. The number of nitrogens with one attached hydrogen (secondary N) is 2. The summed E-state index contributed by atoms with van der Waals surface area (Å²) in [5.74, 6) is -2.42. The van der Waals surface area contributed by atoms with Gasteiger partial charge >= 0.3 is 0 Å². The van der Waals surface area contributed by atoms with Crippen molar-refractivity contribution in [2.45, 2.75) is 37.6 Å². The van der Waals surface area contributed by atoms with Crippen LogP contribution in [0.25, 0.3) is 16.8 Å². The van der Waals surface area contributed by atoms with Crippen molar-refractivity contribution >= 4 is 28.4 Å². The summed E-state index contributed by atoms with van der Waals surface area (Å²) in [5, 5.41) is 10.6. The smallest absolute Gasteiger partial charge is 0.279 e. The minimum Gasteiger partial charge on any atom is -0.440 e. The zero-order valence-electron chi connectivity index (χ0n) is 17.8. The molecule has 3 heterocycles. The van der Waals surface area contributed by atoms with Crippen LogP contribution in [-0.2, 0) is 6.42 Å². The predicted molar refractivity (Wildman–Crippen MR) is 122 cm³/mol. The van der Waals surface area contributed by atoms with Crippen LogP contribution in [0, 0.1) is 0 Å². The predicted octanol–water partition coefficient (Wildman–Crippen LogP) is 4.84. The van der Waals surface area contributed by atoms with Gasteiger partial charge in [0, 0.05) is 5.02 Å². The van der Waals surface area contributed by atoms with E-state index in [1.807, 2.05) is 12.1 Å². The van der Waals surface area contributed by atoms with E-state index in [0.717, 1.165) is 24.1 Å². The lowest BCUT2D eigenvalue weighted by Gasteiger charge is -2.31. The summed E-state index contributed by atoms with van der Waals surface area (Å²) in [6, 6.07) is 9.90. The number of halogens is 3. The van der Waals surface area contributed by atoms with Crippen LogP contribution < -0.4 is 10.6 Å². The first-order chi connectivity index (χ1) is 16.0. The maximum absolute atomic E-state index is 14.7. The molecule has 1 aliphatic heterocycles. The van der Waals surface area contributed by atoms with Crippen LogP contribution in [0.3, 0.4) is 0 Å². The molecule has 1 atom stereocenters. The highest BCUT2D eigenvalue weighted by molar-refractivity contribution is 6.30. The van der Waals surface area contributed by atoms with Gasteiger partial charge in [-0.3, -0.25) is 0 Å². The van der Waals surface area contributed by atoms with Gasteiger partial charge in [0.05, 0.1) is 30.4 Å². The monoisotopic (exact) mass is 472 g/mol. The molecular formula is C23H23ClF2N6O. The summed E-state index contributed by atoms with van der Waals surface area (Å²) in [5.41, 5.74) is 3.21. The molecule has 0 amide bonds. The van der Waals surface area contributed by atoms with Crippen molar-refractivity contribution in [2.75, 3.05) is 18.4 Å². The number of nitrogens with zero attached hydrogens (tertiary/aromatic N) is 4. The number of rotatable bonds is 7. The Kier molecular flexibility index (Phi) is 5.99. The Morgan fingerprint density at radius 2 is 2.15 bits per heavy atom. The first kappa shape index (κ1) is 21.8. The fourth-order valence-electron chi connectivity index (χ4n) is 4.18. The first-order valence-electron chi connectivity index (χ1n) is 10.9. The molecule has 0 spiro atoms. The minimum atomic E-state index is -2.87. The Morgan fingerprint density at radius 3 is 2.94 bits per heavy atom. The zero-order valence-corrected chi connectivity index (χ0v) is 18.5. The number of aromatic nitrogens is 4. The summed E-state index contributed by atoms with van der Waals surface area (Å²) in [6.07, 6.45) is 5.63. The Hall–Kier alpha value is -3.04. The van der Waals surface area contributed by atoms with Crippen molar-refractivity contribution in [1.82, 2.24) is 25.1 Å². The number of para-hydroxylation sites is 1. The second-order valence-corrected chi connectivity index (χ2v) is 8.60. The number of piperidine rings is 1. The number of oxazole rings is 1. The van der Waals surface area contributed by atoms with Gasteiger partial charge in [0.2, 0.25) is 0 Å². The van der Waals surface area contributed by atoms with Crippen LogP contribution in [-0.4, -0.2) is 44.8 Å². The minimum absolute atomic E-state index is 0.353. The van der Waals surface area contributed by atoms with E-state index in [1.165, 1.54) is 6.33 Å². The lowest BCUT2D eigenvalue weighted by atomic mass is 9.99. The second kappa shape index (κ2) is 9.07. The molecule has 2 aromatic carbocycles. The van der Waals surface area contributed by atoms with Gasteiger partial charge in [-0.05, 0) is 55.3 Å². The summed E-state index contributed by atoms with van der Waals surface area (Å²) < 4.78 is 37.0. The molecule has 1 unspecified atom stereocenters. The number of alkyl halides is 2. The van der Waals surface area contributed by atoms with Crippen LogP contribution in [0.1, 0.15) is 30.7 Å². The quantitative estimate of drug-likeness (QED) is 0.400. The van der Waals surface area contributed by atoms with Gasteiger partial charge < -0.3 is 15.1 Å². The summed E-state index contributed by atoms with van der Waals surface area (Å²) in [4.78, 5) is 8.59. The number of fused-ring (bicyclic) bond motifs is 1. The van der Waals surface area contributed by atoms with Crippen LogP contribution in [0.5, 0.6) is 0 Å². The Labute approximate surface area is 194 Å². The number of anilines is 1. The van der Waals surface area contributed by atoms with Crippen molar-refractivity contribution in [1.29, 1.82) is 0 Å².